The Hall–Kier alpha value is -0.560. The lowest BCUT2D eigenvalue weighted by Gasteiger charge is -2.20. The normalized spacial score (nSPS) is 36.1. The molecule has 2 atom stereocenters. The molecule has 1 heterocycles. The zero-order valence-electron chi connectivity index (χ0n) is 8.26. The van der Waals surface area contributed by atoms with Crippen LogP contribution in [0.15, 0.2) is 24.3 Å². The third kappa shape index (κ3) is 1.98. The van der Waals surface area contributed by atoms with E-state index in [-0.39, 0.29) is 11.7 Å². The van der Waals surface area contributed by atoms with Crippen LogP contribution >= 0.6 is 0 Å². The van der Waals surface area contributed by atoms with E-state index in [1.165, 1.54) is 0 Å². The van der Waals surface area contributed by atoms with Gasteiger partial charge in [0, 0.05) is 0 Å². The molecular formula is C11H18O. The van der Waals surface area contributed by atoms with Crippen molar-refractivity contribution in [3.8, 4) is 0 Å². The highest BCUT2D eigenvalue weighted by atomic mass is 16.5. The maximum atomic E-state index is 5.86. The lowest BCUT2D eigenvalue weighted by Crippen LogP contribution is -2.22. The summed E-state index contributed by atoms with van der Waals surface area (Å²) in [6.07, 6.45) is 6.67. The highest BCUT2D eigenvalue weighted by Crippen LogP contribution is 2.33. The van der Waals surface area contributed by atoms with Crippen LogP contribution in [0.1, 0.15) is 33.6 Å². The molecule has 1 saturated heterocycles. The van der Waals surface area contributed by atoms with Crippen LogP contribution < -0.4 is 0 Å². The van der Waals surface area contributed by atoms with Crippen LogP contribution in [0.2, 0.25) is 0 Å². The summed E-state index contributed by atoms with van der Waals surface area (Å²) in [4.78, 5) is 0. The number of hydrogen-bond acceptors (Lipinski definition) is 1. The summed E-state index contributed by atoms with van der Waals surface area (Å²) >= 11 is 0. The van der Waals surface area contributed by atoms with Gasteiger partial charge in [-0.15, -0.1) is 0 Å². The molecule has 0 aromatic carbocycles. The molecule has 1 heteroatoms. The molecule has 0 N–H and O–H groups in total. The van der Waals surface area contributed by atoms with Crippen molar-refractivity contribution in [2.24, 2.45) is 0 Å². The van der Waals surface area contributed by atoms with Crippen LogP contribution in [0, 0.1) is 0 Å². The topological polar surface area (TPSA) is 9.23 Å². The van der Waals surface area contributed by atoms with E-state index in [4.69, 9.17) is 4.74 Å². The lowest BCUT2D eigenvalue weighted by atomic mass is 10.0. The largest absolute Gasteiger partial charge is 0.364 e. The summed E-state index contributed by atoms with van der Waals surface area (Å²) in [7, 11) is 0. The third-order valence-corrected chi connectivity index (χ3v) is 2.38. The number of ether oxygens (including phenoxy) is 1. The molecule has 1 aliphatic heterocycles. The summed E-state index contributed by atoms with van der Waals surface area (Å²) in [5.74, 6) is 0. The van der Waals surface area contributed by atoms with Gasteiger partial charge < -0.3 is 4.74 Å². The lowest BCUT2D eigenvalue weighted by molar-refractivity contribution is 0.0220. The first-order valence-electron chi connectivity index (χ1n) is 4.54. The van der Waals surface area contributed by atoms with Gasteiger partial charge in [-0.2, -0.15) is 0 Å². The van der Waals surface area contributed by atoms with Crippen LogP contribution in [0.5, 0.6) is 0 Å². The van der Waals surface area contributed by atoms with Crippen LogP contribution in [0.3, 0.4) is 0 Å². The van der Waals surface area contributed by atoms with Crippen LogP contribution in [0.25, 0.3) is 0 Å². The van der Waals surface area contributed by atoms with Crippen molar-refractivity contribution in [1.82, 2.24) is 0 Å². The van der Waals surface area contributed by atoms with Gasteiger partial charge in [0.25, 0.3) is 0 Å². The van der Waals surface area contributed by atoms with E-state index in [2.05, 4.69) is 25.7 Å². The second-order valence-electron chi connectivity index (χ2n) is 3.80. The molecule has 12 heavy (non-hydrogen) atoms. The van der Waals surface area contributed by atoms with Crippen molar-refractivity contribution < 1.29 is 4.74 Å². The zero-order valence-corrected chi connectivity index (χ0v) is 8.26. The van der Waals surface area contributed by atoms with Gasteiger partial charge in [0.1, 0.15) is 0 Å². The Bertz CT molecular complexity index is 205. The van der Waals surface area contributed by atoms with Crippen molar-refractivity contribution in [1.29, 1.82) is 0 Å². The molecular weight excluding hydrogens is 148 g/mol. The van der Waals surface area contributed by atoms with E-state index < -0.39 is 0 Å². The average molecular weight is 166 g/mol. The van der Waals surface area contributed by atoms with E-state index >= 15 is 0 Å². The Labute approximate surface area is 75.1 Å². The van der Waals surface area contributed by atoms with E-state index in [0.717, 1.165) is 18.4 Å². The van der Waals surface area contributed by atoms with Gasteiger partial charge >= 0.3 is 0 Å². The van der Waals surface area contributed by atoms with Gasteiger partial charge in [0.2, 0.25) is 0 Å². The standard InChI is InChI=1S/C11H18O/c1-5-7-11(4)8-6-10(12-11)9(2)3/h5,7,10H,2,6,8H2,1,3-4H3/b7-5+/t10-,11+/m1/s1. The molecule has 68 valence electrons. The van der Waals surface area contributed by atoms with Gasteiger partial charge in [0.05, 0.1) is 11.7 Å². The van der Waals surface area contributed by atoms with Crippen molar-refractivity contribution in [3.05, 3.63) is 24.3 Å². The minimum Gasteiger partial charge on any atom is -0.364 e. The molecule has 0 aromatic rings. The fourth-order valence-electron chi connectivity index (χ4n) is 1.68. The first-order chi connectivity index (χ1) is 5.57. The van der Waals surface area contributed by atoms with Crippen LogP contribution in [-0.2, 0) is 4.74 Å². The first kappa shape index (κ1) is 9.53. The molecule has 0 amide bonds. The van der Waals surface area contributed by atoms with Crippen molar-refractivity contribution in [2.75, 3.05) is 0 Å². The second kappa shape index (κ2) is 3.44. The first-order valence-corrected chi connectivity index (χ1v) is 4.54. The summed E-state index contributed by atoms with van der Waals surface area (Å²) in [6, 6.07) is 0. The fraction of sp³-hybridized carbons (Fsp3) is 0.636. The van der Waals surface area contributed by atoms with Crippen LogP contribution in [-0.4, -0.2) is 11.7 Å². The molecule has 0 aliphatic carbocycles. The number of rotatable bonds is 2. The Morgan fingerprint density at radius 1 is 1.67 bits per heavy atom. The monoisotopic (exact) mass is 166 g/mol. The Balaban J connectivity index is 2.60. The average Bonchev–Trinajstić information content (AvgIpc) is 2.33. The Kier molecular flexibility index (Phi) is 2.73. The van der Waals surface area contributed by atoms with E-state index in [0.29, 0.717) is 0 Å². The molecule has 0 saturated carbocycles. The van der Waals surface area contributed by atoms with E-state index in [1.807, 2.05) is 13.8 Å². The van der Waals surface area contributed by atoms with E-state index in [1.54, 1.807) is 0 Å². The van der Waals surface area contributed by atoms with E-state index in [9.17, 15) is 0 Å². The molecule has 0 spiro atoms. The van der Waals surface area contributed by atoms with Crippen molar-refractivity contribution in [2.45, 2.75) is 45.3 Å². The molecule has 1 nitrogen and oxygen atoms in total. The van der Waals surface area contributed by atoms with Gasteiger partial charge in [-0.05, 0) is 33.6 Å². The maximum absolute atomic E-state index is 5.86. The molecule has 0 unspecified atom stereocenters. The van der Waals surface area contributed by atoms with Gasteiger partial charge in [0.15, 0.2) is 0 Å². The zero-order chi connectivity index (χ0) is 9.19. The van der Waals surface area contributed by atoms with Crippen molar-refractivity contribution >= 4 is 0 Å². The smallest absolute Gasteiger partial charge is 0.0843 e. The molecule has 1 rings (SSSR count). The Morgan fingerprint density at radius 3 is 2.75 bits per heavy atom. The Morgan fingerprint density at radius 2 is 2.33 bits per heavy atom. The molecule has 0 bridgehead atoms. The predicted octanol–water partition coefficient (Wildman–Crippen LogP) is 3.08. The maximum Gasteiger partial charge on any atom is 0.0843 e. The SMILES string of the molecule is C=C(C)[C@H]1CC[C@](C)(/C=C/C)O1. The molecule has 0 aromatic heterocycles. The third-order valence-electron chi connectivity index (χ3n) is 2.38. The summed E-state index contributed by atoms with van der Waals surface area (Å²) < 4.78 is 5.86. The predicted molar refractivity (Wildman–Crippen MR) is 52.1 cm³/mol. The van der Waals surface area contributed by atoms with Gasteiger partial charge in [-0.25, -0.2) is 0 Å². The highest BCUT2D eigenvalue weighted by Gasteiger charge is 2.33. The number of allylic oxidation sites excluding steroid dienone is 1. The molecule has 1 aliphatic rings. The summed E-state index contributed by atoms with van der Waals surface area (Å²) in [5.41, 5.74) is 1.10. The van der Waals surface area contributed by atoms with Gasteiger partial charge in [-0.3, -0.25) is 0 Å². The summed E-state index contributed by atoms with van der Waals surface area (Å²) in [6.45, 7) is 10.1. The van der Waals surface area contributed by atoms with Gasteiger partial charge in [-0.1, -0.05) is 24.3 Å². The van der Waals surface area contributed by atoms with Crippen molar-refractivity contribution in [3.63, 3.8) is 0 Å². The minimum atomic E-state index is -0.0433. The summed E-state index contributed by atoms with van der Waals surface area (Å²) in [5, 5.41) is 0. The van der Waals surface area contributed by atoms with Crippen LogP contribution in [0.4, 0.5) is 0 Å². The minimum absolute atomic E-state index is 0.0433. The second-order valence-corrected chi connectivity index (χ2v) is 3.80. The quantitative estimate of drug-likeness (QED) is 0.573. The molecule has 0 radical (unpaired) electrons. The number of hydrogen-bond donors (Lipinski definition) is 0. The fourth-order valence-corrected chi connectivity index (χ4v) is 1.68. The highest BCUT2D eigenvalue weighted by molar-refractivity contribution is 5.09. The molecule has 1 fully saturated rings.